The number of carbonyl (C=O) groups excluding carboxylic acids is 2. The number of fused-ring (bicyclic) bond motifs is 2. The Morgan fingerprint density at radius 3 is 2.10 bits per heavy atom. The molecule has 0 atom stereocenters. The molecule has 1 N–H and O–H groups in total. The molecule has 11 heteroatoms. The number of carboxylic acids is 1. The molecule has 0 spiro atoms. The summed E-state index contributed by atoms with van der Waals surface area (Å²) in [6.45, 7) is 0.794. The van der Waals surface area contributed by atoms with Crippen molar-refractivity contribution in [2.75, 3.05) is 65.4 Å². The Kier molecular flexibility index (Phi) is 10.5. The summed E-state index contributed by atoms with van der Waals surface area (Å²) in [6.07, 6.45) is 0. The van der Waals surface area contributed by atoms with E-state index >= 15 is 0 Å². The highest BCUT2D eigenvalue weighted by atomic mass is 16.5. The van der Waals surface area contributed by atoms with Gasteiger partial charge in [0.2, 0.25) is 0 Å². The Morgan fingerprint density at radius 1 is 0.905 bits per heavy atom. The molecule has 1 aliphatic carbocycles. The van der Waals surface area contributed by atoms with Gasteiger partial charge in [0, 0.05) is 62.4 Å². The molecule has 0 fully saturated rings. The quantitative estimate of drug-likeness (QED) is 0.242. The van der Waals surface area contributed by atoms with E-state index in [0.29, 0.717) is 17.2 Å². The van der Waals surface area contributed by atoms with Gasteiger partial charge in [-0.1, -0.05) is 6.07 Å². The molecule has 2 aromatic rings. The summed E-state index contributed by atoms with van der Waals surface area (Å²) in [5.41, 5.74) is 5.06. The van der Waals surface area contributed by atoms with Crippen LogP contribution in [0.15, 0.2) is 64.0 Å². The molecule has 2 aliphatic rings. The molecule has 2 aromatic carbocycles. The third kappa shape index (κ3) is 7.36. The fourth-order valence-electron chi connectivity index (χ4n) is 4.36. The van der Waals surface area contributed by atoms with Crippen LogP contribution < -0.4 is 19.9 Å². The number of carboxylic acid groups (broad SMARTS) is 1. The minimum atomic E-state index is -0.833. The first-order valence-electron chi connectivity index (χ1n) is 12.9. The summed E-state index contributed by atoms with van der Waals surface area (Å²) < 4.78 is 21.7. The standard InChI is InChI=1S/C29H31N3O6.C2H4O2/c1-30-19-8-10-21-24(14-19)38-25-15-20(31(2)3)9-11-22(25)29(21)18-7-12-23(26(13-18)35-4)32(16-27(33)36-5)17-28(34)37-6;1-2(3)4/h7-15H,16-17H2,1-6H3;1H3,(H,3,4). The van der Waals surface area contributed by atoms with Crippen molar-refractivity contribution >= 4 is 40.3 Å². The molecule has 0 saturated heterocycles. The lowest BCUT2D eigenvalue weighted by molar-refractivity contribution is -0.140. The smallest absolute Gasteiger partial charge is 0.325 e. The zero-order valence-corrected chi connectivity index (χ0v) is 24.8. The molecule has 0 aromatic heterocycles. The van der Waals surface area contributed by atoms with Gasteiger partial charge in [-0.15, -0.1) is 0 Å². The van der Waals surface area contributed by atoms with Gasteiger partial charge >= 0.3 is 11.9 Å². The first-order valence-corrected chi connectivity index (χ1v) is 12.9. The molecule has 11 nitrogen and oxygen atoms in total. The Hall–Kier alpha value is -5.06. The van der Waals surface area contributed by atoms with Crippen molar-refractivity contribution in [3.63, 3.8) is 0 Å². The van der Waals surface area contributed by atoms with E-state index in [1.807, 2.05) is 73.6 Å². The van der Waals surface area contributed by atoms with E-state index in [0.717, 1.165) is 45.6 Å². The lowest BCUT2D eigenvalue weighted by atomic mass is 9.93. The lowest BCUT2D eigenvalue weighted by Gasteiger charge is -2.25. The maximum atomic E-state index is 12.1. The van der Waals surface area contributed by atoms with Crippen LogP contribution in [0.5, 0.6) is 5.75 Å². The first-order chi connectivity index (χ1) is 20.0. The lowest BCUT2D eigenvalue weighted by Crippen LogP contribution is -2.35. The van der Waals surface area contributed by atoms with Gasteiger partial charge in [0.1, 0.15) is 30.2 Å². The highest BCUT2D eigenvalue weighted by Gasteiger charge is 2.23. The molecule has 1 heterocycles. The summed E-state index contributed by atoms with van der Waals surface area (Å²) in [6, 6.07) is 17.6. The number of nitrogens with zero attached hydrogens (tertiary/aromatic N) is 3. The maximum Gasteiger partial charge on any atom is 0.325 e. The van der Waals surface area contributed by atoms with Crippen LogP contribution in [0.4, 0.5) is 11.4 Å². The largest absolute Gasteiger partial charge is 0.495 e. The second-order valence-electron chi connectivity index (χ2n) is 9.37. The van der Waals surface area contributed by atoms with Crippen LogP contribution in [0.25, 0.3) is 33.4 Å². The minimum Gasteiger partial charge on any atom is -0.495 e. The molecular formula is C31H35N3O8. The van der Waals surface area contributed by atoms with Gasteiger partial charge in [-0.3, -0.25) is 19.4 Å². The van der Waals surface area contributed by atoms with Crippen LogP contribution in [0.2, 0.25) is 0 Å². The second kappa shape index (κ2) is 14.0. The molecule has 0 amide bonds. The molecule has 4 rings (SSSR count). The first kappa shape index (κ1) is 31.5. The Morgan fingerprint density at radius 2 is 1.55 bits per heavy atom. The Balaban J connectivity index is 0.00000114. The zero-order chi connectivity index (χ0) is 31.0. The van der Waals surface area contributed by atoms with Crippen molar-refractivity contribution in [3.05, 3.63) is 60.0 Å². The van der Waals surface area contributed by atoms with Crippen LogP contribution in [0.1, 0.15) is 6.92 Å². The van der Waals surface area contributed by atoms with E-state index in [1.165, 1.54) is 14.2 Å². The summed E-state index contributed by atoms with van der Waals surface area (Å²) >= 11 is 0. The topological polar surface area (TPSA) is 131 Å². The third-order valence-electron chi connectivity index (χ3n) is 6.37. The van der Waals surface area contributed by atoms with Gasteiger partial charge < -0.3 is 33.5 Å². The second-order valence-corrected chi connectivity index (χ2v) is 9.37. The van der Waals surface area contributed by atoms with Crippen LogP contribution in [-0.4, -0.2) is 78.6 Å². The Labute approximate surface area is 243 Å². The number of ether oxygens (including phenoxy) is 3. The molecule has 42 heavy (non-hydrogen) atoms. The molecular weight excluding hydrogens is 542 g/mol. The van der Waals surface area contributed by atoms with E-state index in [4.69, 9.17) is 28.5 Å². The number of esters is 2. The highest BCUT2D eigenvalue weighted by Crippen LogP contribution is 2.43. The molecule has 222 valence electrons. The number of methoxy groups -OCH3 is 3. The Bertz CT molecular complexity index is 1600. The van der Waals surface area contributed by atoms with Crippen molar-refractivity contribution in [1.29, 1.82) is 0 Å². The number of hydrogen-bond acceptors (Lipinski definition) is 10. The van der Waals surface area contributed by atoms with Crippen molar-refractivity contribution in [1.82, 2.24) is 0 Å². The zero-order valence-electron chi connectivity index (χ0n) is 24.8. The molecule has 1 aliphatic heterocycles. The fraction of sp³-hybridized carbons (Fsp3) is 0.290. The van der Waals surface area contributed by atoms with E-state index in [2.05, 4.69) is 4.99 Å². The number of aliphatic carboxylic acids is 1. The van der Waals surface area contributed by atoms with Crippen molar-refractivity contribution in [3.8, 4) is 28.2 Å². The third-order valence-corrected chi connectivity index (χ3v) is 6.37. The van der Waals surface area contributed by atoms with Gasteiger partial charge in [0.25, 0.3) is 5.97 Å². The molecule has 0 saturated carbocycles. The van der Waals surface area contributed by atoms with E-state index < -0.39 is 17.9 Å². The predicted molar refractivity (Wildman–Crippen MR) is 160 cm³/mol. The summed E-state index contributed by atoms with van der Waals surface area (Å²) in [4.78, 5) is 41.1. The minimum absolute atomic E-state index is 0.145. The van der Waals surface area contributed by atoms with Crippen molar-refractivity contribution in [2.45, 2.75) is 6.92 Å². The summed E-state index contributed by atoms with van der Waals surface area (Å²) in [5.74, 6) is -0.624. The summed E-state index contributed by atoms with van der Waals surface area (Å²) in [5, 5.41) is 9.16. The normalized spacial score (nSPS) is 11.0. The average Bonchev–Trinajstić information content (AvgIpc) is 2.97. The number of rotatable bonds is 8. The summed E-state index contributed by atoms with van der Waals surface area (Å²) in [7, 11) is 9.85. The average molecular weight is 578 g/mol. The van der Waals surface area contributed by atoms with Crippen molar-refractivity contribution in [2.24, 2.45) is 4.99 Å². The van der Waals surface area contributed by atoms with Crippen LogP contribution in [0.3, 0.4) is 0 Å². The van der Waals surface area contributed by atoms with Crippen LogP contribution >= 0.6 is 0 Å². The van der Waals surface area contributed by atoms with Gasteiger partial charge in [0.15, 0.2) is 0 Å². The van der Waals surface area contributed by atoms with Crippen molar-refractivity contribution < 1.29 is 38.1 Å². The monoisotopic (exact) mass is 577 g/mol. The van der Waals surface area contributed by atoms with E-state index in [-0.39, 0.29) is 13.1 Å². The van der Waals surface area contributed by atoms with Gasteiger partial charge in [-0.25, -0.2) is 0 Å². The number of benzene rings is 3. The van der Waals surface area contributed by atoms with Crippen LogP contribution in [-0.2, 0) is 23.9 Å². The number of hydrogen-bond donors (Lipinski definition) is 1. The molecule has 0 unspecified atom stereocenters. The van der Waals surface area contributed by atoms with E-state index in [9.17, 15) is 9.59 Å². The van der Waals surface area contributed by atoms with Gasteiger partial charge in [-0.2, -0.15) is 0 Å². The molecule has 0 bridgehead atoms. The number of carbonyl (C=O) groups is 3. The molecule has 0 radical (unpaired) electrons. The van der Waals surface area contributed by atoms with Crippen LogP contribution in [0, 0.1) is 0 Å². The van der Waals surface area contributed by atoms with Gasteiger partial charge in [0.05, 0.1) is 32.4 Å². The van der Waals surface area contributed by atoms with E-state index in [1.54, 1.807) is 19.1 Å². The highest BCUT2D eigenvalue weighted by molar-refractivity contribution is 6.03. The maximum absolute atomic E-state index is 12.1. The predicted octanol–water partition coefficient (Wildman–Crippen LogP) is 4.05. The van der Waals surface area contributed by atoms with Gasteiger partial charge in [-0.05, 0) is 42.0 Å². The number of anilines is 2. The fourth-order valence-corrected chi connectivity index (χ4v) is 4.36. The SMILES string of the molecule is CC(=O)O.CN=c1ccc2c(-c3ccc(N(CC(=O)OC)CC(=O)OC)c(OC)c3)c3ccc(N(C)C)cc3oc-2c1.